The van der Waals surface area contributed by atoms with Crippen molar-refractivity contribution in [2.75, 3.05) is 13.7 Å². The van der Waals surface area contributed by atoms with E-state index in [2.05, 4.69) is 0 Å². The Morgan fingerprint density at radius 3 is 2.50 bits per heavy atom. The molecule has 5 nitrogen and oxygen atoms in total. The monoisotopic (exact) mass is 461 g/mol. The Hall–Kier alpha value is -2.10. The predicted octanol–water partition coefficient (Wildman–Crippen LogP) is 4.67. The van der Waals surface area contributed by atoms with Crippen LogP contribution in [0, 0.1) is 5.92 Å². The normalized spacial score (nSPS) is 20.7. The van der Waals surface area contributed by atoms with Gasteiger partial charge in [0, 0.05) is 11.6 Å². The summed E-state index contributed by atoms with van der Waals surface area (Å²) in [5.41, 5.74) is -0.742. The summed E-state index contributed by atoms with van der Waals surface area (Å²) in [4.78, 5) is 11.2. The lowest BCUT2D eigenvalue weighted by Gasteiger charge is -2.38. The Balaban J connectivity index is 2.09. The second-order valence-corrected chi connectivity index (χ2v) is 9.22. The lowest BCUT2D eigenvalue weighted by Crippen LogP contribution is -2.43. The number of hydrogen-bond acceptors (Lipinski definition) is 4. The Morgan fingerprint density at radius 2 is 1.87 bits per heavy atom. The molecule has 0 aromatic heterocycles. The summed E-state index contributed by atoms with van der Waals surface area (Å²) in [5, 5.41) is 0.348. The first kappa shape index (κ1) is 22.6. The number of piperidine rings is 1. The van der Waals surface area contributed by atoms with E-state index in [0.29, 0.717) is 10.6 Å². The van der Waals surface area contributed by atoms with Gasteiger partial charge in [0.25, 0.3) is 0 Å². The first-order valence-electron chi connectivity index (χ1n) is 9.07. The minimum Gasteiger partial charge on any atom is -0.469 e. The van der Waals surface area contributed by atoms with Gasteiger partial charge in [-0.15, -0.1) is 0 Å². The Bertz CT molecular complexity index is 1040. The van der Waals surface area contributed by atoms with Gasteiger partial charge < -0.3 is 4.74 Å². The number of alkyl halides is 3. The summed E-state index contributed by atoms with van der Waals surface area (Å²) in [7, 11) is -3.29. The lowest BCUT2D eigenvalue weighted by atomic mass is 9.89. The van der Waals surface area contributed by atoms with Gasteiger partial charge in [-0.1, -0.05) is 35.9 Å². The van der Waals surface area contributed by atoms with Gasteiger partial charge in [-0.3, -0.25) is 4.79 Å². The van der Waals surface area contributed by atoms with Crippen LogP contribution in [-0.2, 0) is 25.7 Å². The molecule has 10 heteroatoms. The molecule has 162 valence electrons. The van der Waals surface area contributed by atoms with Crippen LogP contribution in [0.2, 0.25) is 5.02 Å². The van der Waals surface area contributed by atoms with E-state index in [4.69, 9.17) is 16.3 Å². The number of carbonyl (C=O) groups is 1. The summed E-state index contributed by atoms with van der Waals surface area (Å²) in [6.45, 7) is -0.133. The van der Waals surface area contributed by atoms with Crippen LogP contribution in [-0.4, -0.2) is 32.3 Å². The van der Waals surface area contributed by atoms with Crippen molar-refractivity contribution in [1.29, 1.82) is 0 Å². The van der Waals surface area contributed by atoms with Gasteiger partial charge in [-0.2, -0.15) is 17.5 Å². The fourth-order valence-corrected chi connectivity index (χ4v) is 5.73. The number of sulfonamides is 1. The van der Waals surface area contributed by atoms with E-state index in [1.54, 1.807) is 24.3 Å². The molecule has 2 atom stereocenters. The zero-order chi connectivity index (χ0) is 22.1. The van der Waals surface area contributed by atoms with E-state index in [1.165, 1.54) is 13.2 Å². The second kappa shape index (κ2) is 8.56. The zero-order valence-corrected chi connectivity index (χ0v) is 17.5. The fourth-order valence-electron chi connectivity index (χ4n) is 3.68. The zero-order valence-electron chi connectivity index (χ0n) is 15.9. The van der Waals surface area contributed by atoms with Crippen LogP contribution in [0.25, 0.3) is 0 Å². The summed E-state index contributed by atoms with van der Waals surface area (Å²) in [6.07, 6.45) is -4.63. The lowest BCUT2D eigenvalue weighted by molar-refractivity contribution is -0.147. The average Bonchev–Trinajstić information content (AvgIpc) is 2.72. The Labute approximate surface area is 177 Å². The van der Waals surface area contributed by atoms with Crippen molar-refractivity contribution in [3.63, 3.8) is 0 Å². The molecule has 2 aromatic carbocycles. The topological polar surface area (TPSA) is 63.7 Å². The maximum Gasteiger partial charge on any atom is 0.417 e. The van der Waals surface area contributed by atoms with Crippen LogP contribution in [0.3, 0.4) is 0 Å². The third-order valence-corrected chi connectivity index (χ3v) is 7.30. The molecular formula is C20H19ClF3NO4S. The Kier molecular flexibility index (Phi) is 6.45. The molecular weight excluding hydrogens is 443 g/mol. The number of carbonyl (C=O) groups excluding carboxylic acids is 1. The van der Waals surface area contributed by atoms with Crippen molar-refractivity contribution >= 4 is 27.6 Å². The van der Waals surface area contributed by atoms with Gasteiger partial charge in [0.05, 0.1) is 29.5 Å². The van der Waals surface area contributed by atoms with Crippen molar-refractivity contribution in [2.24, 2.45) is 5.92 Å². The van der Waals surface area contributed by atoms with Crippen LogP contribution in [0.1, 0.15) is 30.0 Å². The van der Waals surface area contributed by atoms with E-state index in [-0.39, 0.29) is 19.4 Å². The van der Waals surface area contributed by atoms with Crippen molar-refractivity contribution in [3.8, 4) is 0 Å². The highest BCUT2D eigenvalue weighted by atomic mass is 35.5. The first-order valence-corrected chi connectivity index (χ1v) is 10.9. The summed E-state index contributed by atoms with van der Waals surface area (Å²) >= 11 is 6.05. The molecule has 1 heterocycles. The van der Waals surface area contributed by atoms with E-state index >= 15 is 0 Å². The van der Waals surface area contributed by atoms with Crippen molar-refractivity contribution in [2.45, 2.75) is 30.0 Å². The van der Waals surface area contributed by atoms with Gasteiger partial charge >= 0.3 is 12.1 Å². The smallest absolute Gasteiger partial charge is 0.417 e. The number of nitrogens with zero attached hydrogens (tertiary/aromatic N) is 1. The highest BCUT2D eigenvalue weighted by molar-refractivity contribution is 7.89. The largest absolute Gasteiger partial charge is 0.469 e. The van der Waals surface area contributed by atoms with Crippen LogP contribution < -0.4 is 0 Å². The van der Waals surface area contributed by atoms with Crippen LogP contribution in [0.4, 0.5) is 13.2 Å². The van der Waals surface area contributed by atoms with Gasteiger partial charge in [-0.25, -0.2) is 8.42 Å². The number of ether oxygens (including phenoxy) is 1. The molecule has 2 unspecified atom stereocenters. The average molecular weight is 462 g/mol. The number of methoxy groups -OCH3 is 1. The number of halogens is 4. The summed E-state index contributed by atoms with van der Waals surface area (Å²) < 4.78 is 72.9. The minimum absolute atomic E-state index is 0.0699. The Morgan fingerprint density at radius 1 is 1.17 bits per heavy atom. The molecule has 1 fully saturated rings. The van der Waals surface area contributed by atoms with Crippen molar-refractivity contribution < 1.29 is 31.1 Å². The molecule has 1 aliphatic heterocycles. The fraction of sp³-hybridized carbons (Fsp3) is 0.350. The molecule has 30 heavy (non-hydrogen) atoms. The van der Waals surface area contributed by atoms with Crippen molar-refractivity contribution in [3.05, 3.63) is 64.7 Å². The van der Waals surface area contributed by atoms with Crippen LogP contribution >= 0.6 is 11.6 Å². The summed E-state index contributed by atoms with van der Waals surface area (Å²) in [5.74, 6) is -1.07. The van der Waals surface area contributed by atoms with E-state index in [9.17, 15) is 26.4 Å². The summed E-state index contributed by atoms with van der Waals surface area (Å²) in [6, 6.07) is 9.60. The van der Waals surface area contributed by atoms with E-state index < -0.39 is 44.6 Å². The maximum atomic E-state index is 13.5. The first-order chi connectivity index (χ1) is 14.1. The van der Waals surface area contributed by atoms with Gasteiger partial charge in [0.1, 0.15) is 0 Å². The maximum absolute atomic E-state index is 13.5. The number of benzene rings is 2. The molecule has 0 radical (unpaired) electrons. The standard InChI is InChI=1S/C20H19ClF3NO4S/c1-29-19(26)14-9-10-25(17(12-14)13-5-4-6-15(21)11-13)30(27,28)18-8-3-2-7-16(18)20(22,23)24/h2-8,11,14,17H,9-10,12H2,1H3. The molecule has 2 aromatic rings. The number of rotatable bonds is 4. The molecule has 0 spiro atoms. The molecule has 1 aliphatic rings. The molecule has 3 rings (SSSR count). The molecule has 0 aliphatic carbocycles. The molecule has 0 saturated carbocycles. The van der Waals surface area contributed by atoms with Gasteiger partial charge in [-0.05, 0) is 42.7 Å². The van der Waals surface area contributed by atoms with E-state index in [0.717, 1.165) is 22.5 Å². The number of esters is 1. The third-order valence-electron chi connectivity index (χ3n) is 5.10. The van der Waals surface area contributed by atoms with Crippen molar-refractivity contribution in [1.82, 2.24) is 4.31 Å². The SMILES string of the molecule is COC(=O)C1CCN(S(=O)(=O)c2ccccc2C(F)(F)F)C(c2cccc(Cl)c2)C1. The highest BCUT2D eigenvalue weighted by Gasteiger charge is 2.44. The van der Waals surface area contributed by atoms with Crippen LogP contribution in [0.5, 0.6) is 0 Å². The molecule has 0 amide bonds. The molecule has 1 saturated heterocycles. The number of hydrogen-bond donors (Lipinski definition) is 0. The van der Waals surface area contributed by atoms with Crippen LogP contribution in [0.15, 0.2) is 53.4 Å². The molecule has 0 bridgehead atoms. The molecule has 0 N–H and O–H groups in total. The second-order valence-electron chi connectivity index (χ2n) is 6.92. The highest BCUT2D eigenvalue weighted by Crippen LogP contribution is 2.42. The minimum atomic E-state index is -4.83. The van der Waals surface area contributed by atoms with Gasteiger partial charge in [0.2, 0.25) is 10.0 Å². The van der Waals surface area contributed by atoms with Gasteiger partial charge in [0.15, 0.2) is 0 Å². The predicted molar refractivity (Wildman–Crippen MR) is 104 cm³/mol. The van der Waals surface area contributed by atoms with E-state index in [1.807, 2.05) is 0 Å². The quantitative estimate of drug-likeness (QED) is 0.620. The third kappa shape index (κ3) is 4.48.